The largest absolute Gasteiger partial charge is 0.469 e. The van der Waals surface area contributed by atoms with Crippen molar-refractivity contribution in [3.8, 4) is 11.4 Å². The van der Waals surface area contributed by atoms with E-state index in [4.69, 9.17) is 4.42 Å². The van der Waals surface area contributed by atoms with Gasteiger partial charge in [0, 0.05) is 24.4 Å². The first kappa shape index (κ1) is 18.6. The van der Waals surface area contributed by atoms with Gasteiger partial charge in [0.2, 0.25) is 5.91 Å². The lowest BCUT2D eigenvalue weighted by Crippen LogP contribution is -2.14. The van der Waals surface area contributed by atoms with E-state index in [1.165, 1.54) is 17.8 Å². The van der Waals surface area contributed by atoms with Gasteiger partial charge in [-0.25, -0.2) is 0 Å². The molecule has 3 rings (SSSR count). The Bertz CT molecular complexity index is 1010. The summed E-state index contributed by atoms with van der Waals surface area (Å²) < 4.78 is 7.07. The Balaban J connectivity index is 1.65. The molecule has 10 heteroatoms. The summed E-state index contributed by atoms with van der Waals surface area (Å²) in [5.41, 5.74) is 1.72. The first-order chi connectivity index (χ1) is 12.9. The summed E-state index contributed by atoms with van der Waals surface area (Å²) in [5, 5.41) is 22.5. The molecule has 0 unspecified atom stereocenters. The first-order valence-electron chi connectivity index (χ1n) is 7.98. The Morgan fingerprint density at radius 1 is 1.33 bits per heavy atom. The summed E-state index contributed by atoms with van der Waals surface area (Å²) in [6.45, 7) is 3.48. The number of hydrogen-bond donors (Lipinski definition) is 1. The van der Waals surface area contributed by atoms with E-state index in [1.807, 2.05) is 20.0 Å². The van der Waals surface area contributed by atoms with Gasteiger partial charge in [-0.3, -0.25) is 14.9 Å². The van der Waals surface area contributed by atoms with Crippen molar-refractivity contribution in [3.05, 3.63) is 52.0 Å². The number of benzene rings is 1. The molecule has 0 saturated heterocycles. The topological polar surface area (TPSA) is 116 Å². The van der Waals surface area contributed by atoms with E-state index in [1.54, 1.807) is 29.9 Å². The summed E-state index contributed by atoms with van der Waals surface area (Å²) in [5.74, 6) is 1.19. The molecule has 0 aliphatic rings. The van der Waals surface area contributed by atoms with Crippen LogP contribution in [0.15, 0.2) is 40.1 Å². The summed E-state index contributed by atoms with van der Waals surface area (Å²) in [4.78, 5) is 22.7. The van der Waals surface area contributed by atoms with Crippen molar-refractivity contribution < 1.29 is 14.1 Å². The van der Waals surface area contributed by atoms with Crippen LogP contribution in [-0.4, -0.2) is 31.3 Å². The number of thioether (sulfide) groups is 1. The van der Waals surface area contributed by atoms with Crippen LogP contribution in [0.5, 0.6) is 0 Å². The SMILES string of the molecule is Cc1ccc(NC(=O)CSc2nnc(-c3ccoc3C)n2C)cc1[N+](=O)[O-]. The average molecular weight is 387 g/mol. The number of carbonyl (C=O) groups excluding carboxylic acids is 1. The molecule has 1 N–H and O–H groups in total. The highest BCUT2D eigenvalue weighted by atomic mass is 32.2. The van der Waals surface area contributed by atoms with Crippen LogP contribution in [0.2, 0.25) is 0 Å². The van der Waals surface area contributed by atoms with Crippen molar-refractivity contribution >= 4 is 29.0 Å². The van der Waals surface area contributed by atoms with E-state index in [9.17, 15) is 14.9 Å². The lowest BCUT2D eigenvalue weighted by molar-refractivity contribution is -0.385. The molecule has 0 bridgehead atoms. The van der Waals surface area contributed by atoms with Crippen molar-refractivity contribution in [2.75, 3.05) is 11.1 Å². The van der Waals surface area contributed by atoms with Crippen LogP contribution < -0.4 is 5.32 Å². The second-order valence-corrected chi connectivity index (χ2v) is 6.79. The molecule has 0 saturated carbocycles. The van der Waals surface area contributed by atoms with Gasteiger partial charge >= 0.3 is 0 Å². The Morgan fingerprint density at radius 3 is 2.78 bits per heavy atom. The molecule has 0 radical (unpaired) electrons. The zero-order valence-corrected chi connectivity index (χ0v) is 15.7. The number of rotatable bonds is 6. The molecule has 2 aromatic heterocycles. The molecule has 140 valence electrons. The van der Waals surface area contributed by atoms with Crippen LogP contribution in [0, 0.1) is 24.0 Å². The van der Waals surface area contributed by atoms with E-state index >= 15 is 0 Å². The van der Waals surface area contributed by atoms with Crippen molar-refractivity contribution in [1.82, 2.24) is 14.8 Å². The summed E-state index contributed by atoms with van der Waals surface area (Å²) >= 11 is 1.22. The molecule has 1 aromatic carbocycles. The first-order valence-corrected chi connectivity index (χ1v) is 8.97. The Hall–Kier alpha value is -3.14. The van der Waals surface area contributed by atoms with Crippen molar-refractivity contribution in [1.29, 1.82) is 0 Å². The maximum absolute atomic E-state index is 12.2. The zero-order valence-electron chi connectivity index (χ0n) is 14.9. The number of nitro groups is 1. The van der Waals surface area contributed by atoms with E-state index < -0.39 is 4.92 Å². The van der Waals surface area contributed by atoms with Gasteiger partial charge < -0.3 is 14.3 Å². The number of aryl methyl sites for hydroxylation is 2. The highest BCUT2D eigenvalue weighted by molar-refractivity contribution is 7.99. The van der Waals surface area contributed by atoms with Gasteiger partial charge in [0.15, 0.2) is 11.0 Å². The number of carbonyl (C=O) groups is 1. The molecule has 0 fully saturated rings. The van der Waals surface area contributed by atoms with Crippen LogP contribution in [0.3, 0.4) is 0 Å². The van der Waals surface area contributed by atoms with Gasteiger partial charge in [-0.15, -0.1) is 10.2 Å². The third-order valence-electron chi connectivity index (χ3n) is 3.96. The van der Waals surface area contributed by atoms with Crippen LogP contribution >= 0.6 is 11.8 Å². The number of aromatic nitrogens is 3. The van der Waals surface area contributed by atoms with Gasteiger partial charge in [-0.1, -0.05) is 17.8 Å². The molecule has 0 spiro atoms. The second-order valence-electron chi connectivity index (χ2n) is 5.85. The highest BCUT2D eigenvalue weighted by Crippen LogP contribution is 2.26. The third kappa shape index (κ3) is 4.00. The van der Waals surface area contributed by atoms with Crippen LogP contribution in [0.25, 0.3) is 11.4 Å². The number of nitrogens with one attached hydrogen (secondary N) is 1. The van der Waals surface area contributed by atoms with E-state index in [2.05, 4.69) is 15.5 Å². The molecular weight excluding hydrogens is 370 g/mol. The number of anilines is 1. The predicted molar refractivity (Wildman–Crippen MR) is 101 cm³/mol. The predicted octanol–water partition coefficient (Wildman–Crippen LogP) is 3.33. The maximum Gasteiger partial charge on any atom is 0.274 e. The number of amides is 1. The Morgan fingerprint density at radius 2 is 2.11 bits per heavy atom. The van der Waals surface area contributed by atoms with Crippen LogP contribution in [-0.2, 0) is 11.8 Å². The molecule has 27 heavy (non-hydrogen) atoms. The molecule has 2 heterocycles. The Labute approximate surface area is 158 Å². The Kier molecular flexibility index (Phi) is 5.26. The molecule has 1 amide bonds. The third-order valence-corrected chi connectivity index (χ3v) is 4.98. The quantitative estimate of drug-likeness (QED) is 0.392. The van der Waals surface area contributed by atoms with Crippen molar-refractivity contribution in [3.63, 3.8) is 0 Å². The number of nitro benzene ring substituents is 1. The zero-order chi connectivity index (χ0) is 19.6. The van der Waals surface area contributed by atoms with E-state index in [0.29, 0.717) is 22.2 Å². The molecular formula is C17H17N5O4S. The molecule has 3 aromatic rings. The van der Waals surface area contributed by atoms with Gasteiger partial charge in [-0.05, 0) is 26.0 Å². The summed E-state index contributed by atoms with van der Waals surface area (Å²) in [6, 6.07) is 6.39. The number of furan rings is 1. The standard InChI is InChI=1S/C17H17N5O4S/c1-10-4-5-12(8-14(10)22(24)25)18-15(23)9-27-17-20-19-16(21(17)3)13-6-7-26-11(13)2/h4-8H,9H2,1-3H3,(H,18,23). The van der Waals surface area contributed by atoms with Crippen molar-refractivity contribution in [2.45, 2.75) is 19.0 Å². The van der Waals surface area contributed by atoms with Gasteiger partial charge in [0.25, 0.3) is 5.69 Å². The van der Waals surface area contributed by atoms with E-state index in [0.717, 1.165) is 11.3 Å². The maximum atomic E-state index is 12.2. The minimum absolute atomic E-state index is 0.0334. The van der Waals surface area contributed by atoms with Gasteiger partial charge in [-0.2, -0.15) is 0 Å². The van der Waals surface area contributed by atoms with Crippen molar-refractivity contribution in [2.24, 2.45) is 7.05 Å². The van der Waals surface area contributed by atoms with E-state index in [-0.39, 0.29) is 17.3 Å². The lowest BCUT2D eigenvalue weighted by Gasteiger charge is -2.06. The van der Waals surface area contributed by atoms with Gasteiger partial charge in [0.1, 0.15) is 5.76 Å². The molecule has 0 aliphatic carbocycles. The fourth-order valence-electron chi connectivity index (χ4n) is 2.50. The minimum Gasteiger partial charge on any atom is -0.469 e. The lowest BCUT2D eigenvalue weighted by atomic mass is 10.2. The summed E-state index contributed by atoms with van der Waals surface area (Å²) in [6.07, 6.45) is 1.58. The fourth-order valence-corrected chi connectivity index (χ4v) is 3.21. The monoisotopic (exact) mass is 387 g/mol. The van der Waals surface area contributed by atoms with Crippen LogP contribution in [0.4, 0.5) is 11.4 Å². The molecule has 9 nitrogen and oxygen atoms in total. The number of nitrogens with zero attached hydrogens (tertiary/aromatic N) is 4. The van der Waals surface area contributed by atoms with Crippen LogP contribution in [0.1, 0.15) is 11.3 Å². The number of hydrogen-bond acceptors (Lipinski definition) is 7. The average Bonchev–Trinajstić information content (AvgIpc) is 3.20. The minimum atomic E-state index is -0.474. The fraction of sp³-hybridized carbons (Fsp3) is 0.235. The highest BCUT2D eigenvalue weighted by Gasteiger charge is 2.16. The summed E-state index contributed by atoms with van der Waals surface area (Å²) in [7, 11) is 1.81. The smallest absolute Gasteiger partial charge is 0.274 e. The molecule has 0 atom stereocenters. The normalized spacial score (nSPS) is 10.8. The second kappa shape index (κ2) is 7.62. The molecule has 0 aliphatic heterocycles. The van der Waals surface area contributed by atoms with Gasteiger partial charge in [0.05, 0.1) is 22.5 Å².